The lowest BCUT2D eigenvalue weighted by Crippen LogP contribution is -1.99. The highest BCUT2D eigenvalue weighted by atomic mass is 32.2. The van der Waals surface area contributed by atoms with Gasteiger partial charge < -0.3 is 10.1 Å². The fraction of sp³-hybridized carbons (Fsp3) is 0.231. The van der Waals surface area contributed by atoms with Crippen LogP contribution >= 0.6 is 11.8 Å². The van der Waals surface area contributed by atoms with E-state index >= 15 is 0 Å². The Bertz CT molecular complexity index is 519. The predicted molar refractivity (Wildman–Crippen MR) is 73.3 cm³/mol. The summed E-state index contributed by atoms with van der Waals surface area (Å²) in [6, 6.07) is 9.84. The van der Waals surface area contributed by atoms with Crippen LogP contribution in [0.3, 0.4) is 0 Å². The SMILES string of the molecule is CCNc1cc(Sc2cccc(OC)c2)ncn1. The van der Waals surface area contributed by atoms with Gasteiger partial charge in [0.2, 0.25) is 0 Å². The van der Waals surface area contributed by atoms with Gasteiger partial charge in [-0.3, -0.25) is 0 Å². The van der Waals surface area contributed by atoms with Crippen LogP contribution in [0.4, 0.5) is 5.82 Å². The zero-order valence-electron chi connectivity index (χ0n) is 10.4. The van der Waals surface area contributed by atoms with E-state index in [4.69, 9.17) is 4.74 Å². The van der Waals surface area contributed by atoms with Gasteiger partial charge in [-0.25, -0.2) is 9.97 Å². The summed E-state index contributed by atoms with van der Waals surface area (Å²) in [6.07, 6.45) is 1.57. The van der Waals surface area contributed by atoms with E-state index in [1.54, 1.807) is 25.2 Å². The number of methoxy groups -OCH3 is 1. The number of anilines is 1. The average Bonchev–Trinajstić information content (AvgIpc) is 2.40. The molecule has 0 fully saturated rings. The van der Waals surface area contributed by atoms with Crippen molar-refractivity contribution < 1.29 is 4.74 Å². The van der Waals surface area contributed by atoms with E-state index in [1.165, 1.54) is 0 Å². The quantitative estimate of drug-likeness (QED) is 0.838. The highest BCUT2D eigenvalue weighted by Crippen LogP contribution is 2.29. The molecule has 4 nitrogen and oxygen atoms in total. The Morgan fingerprint density at radius 1 is 1.28 bits per heavy atom. The fourth-order valence-corrected chi connectivity index (χ4v) is 2.29. The first kappa shape index (κ1) is 12.7. The van der Waals surface area contributed by atoms with Crippen LogP contribution in [-0.2, 0) is 0 Å². The van der Waals surface area contributed by atoms with Gasteiger partial charge in [0.25, 0.3) is 0 Å². The summed E-state index contributed by atoms with van der Waals surface area (Å²) >= 11 is 1.59. The molecule has 1 aromatic carbocycles. The Hall–Kier alpha value is -1.75. The Labute approximate surface area is 111 Å². The second kappa shape index (κ2) is 6.26. The molecule has 2 rings (SSSR count). The fourth-order valence-electron chi connectivity index (χ4n) is 1.46. The molecule has 0 amide bonds. The summed E-state index contributed by atoms with van der Waals surface area (Å²) in [5.74, 6) is 1.69. The van der Waals surface area contributed by atoms with Gasteiger partial charge in [0, 0.05) is 17.5 Å². The van der Waals surface area contributed by atoms with Gasteiger partial charge >= 0.3 is 0 Å². The molecule has 18 heavy (non-hydrogen) atoms. The summed E-state index contributed by atoms with van der Waals surface area (Å²) in [4.78, 5) is 9.48. The molecule has 1 N–H and O–H groups in total. The highest BCUT2D eigenvalue weighted by Gasteiger charge is 2.02. The van der Waals surface area contributed by atoms with Crippen molar-refractivity contribution in [2.75, 3.05) is 19.0 Å². The summed E-state index contributed by atoms with van der Waals surface area (Å²) in [6.45, 7) is 2.89. The second-order valence-corrected chi connectivity index (χ2v) is 4.65. The average molecular weight is 261 g/mol. The van der Waals surface area contributed by atoms with Gasteiger partial charge in [0.05, 0.1) is 7.11 Å². The van der Waals surface area contributed by atoms with Crippen molar-refractivity contribution in [2.24, 2.45) is 0 Å². The lowest BCUT2D eigenvalue weighted by molar-refractivity contribution is 0.413. The van der Waals surface area contributed by atoms with Crippen molar-refractivity contribution in [3.63, 3.8) is 0 Å². The molecule has 0 saturated heterocycles. The largest absolute Gasteiger partial charge is 0.497 e. The maximum atomic E-state index is 5.20. The number of nitrogens with one attached hydrogen (secondary N) is 1. The smallest absolute Gasteiger partial charge is 0.130 e. The van der Waals surface area contributed by atoms with Crippen molar-refractivity contribution in [2.45, 2.75) is 16.8 Å². The second-order valence-electron chi connectivity index (χ2n) is 3.55. The molecule has 1 heterocycles. The molecule has 94 valence electrons. The molecule has 0 spiro atoms. The van der Waals surface area contributed by atoms with Gasteiger partial charge in [0.1, 0.15) is 22.9 Å². The maximum Gasteiger partial charge on any atom is 0.130 e. The van der Waals surface area contributed by atoms with Gasteiger partial charge in [-0.1, -0.05) is 17.8 Å². The topological polar surface area (TPSA) is 47.0 Å². The summed E-state index contributed by atoms with van der Waals surface area (Å²) in [5.41, 5.74) is 0. The monoisotopic (exact) mass is 261 g/mol. The van der Waals surface area contributed by atoms with Crippen LogP contribution in [0, 0.1) is 0 Å². The van der Waals surface area contributed by atoms with Crippen molar-refractivity contribution in [1.29, 1.82) is 0 Å². The first-order valence-corrected chi connectivity index (χ1v) is 6.51. The van der Waals surface area contributed by atoms with E-state index in [0.717, 1.165) is 28.0 Å². The number of benzene rings is 1. The third kappa shape index (κ3) is 3.37. The van der Waals surface area contributed by atoms with Crippen LogP contribution in [0.25, 0.3) is 0 Å². The molecule has 5 heteroatoms. The Kier molecular flexibility index (Phi) is 4.41. The molecule has 0 saturated carbocycles. The van der Waals surface area contributed by atoms with Gasteiger partial charge in [-0.15, -0.1) is 0 Å². The number of aromatic nitrogens is 2. The van der Waals surface area contributed by atoms with Crippen LogP contribution in [0.1, 0.15) is 6.92 Å². The Balaban J connectivity index is 2.14. The normalized spacial score (nSPS) is 10.1. The molecule has 0 radical (unpaired) electrons. The molecule has 0 bridgehead atoms. The van der Waals surface area contributed by atoms with E-state index in [1.807, 2.05) is 37.3 Å². The number of nitrogens with zero attached hydrogens (tertiary/aromatic N) is 2. The zero-order valence-corrected chi connectivity index (χ0v) is 11.2. The van der Waals surface area contributed by atoms with Crippen LogP contribution in [0.2, 0.25) is 0 Å². The summed E-state index contributed by atoms with van der Waals surface area (Å²) in [5, 5.41) is 4.08. The molecular weight excluding hydrogens is 246 g/mol. The Morgan fingerprint density at radius 2 is 2.17 bits per heavy atom. The molecular formula is C13H15N3OS. The van der Waals surface area contributed by atoms with E-state index in [0.29, 0.717) is 0 Å². The van der Waals surface area contributed by atoms with Crippen LogP contribution < -0.4 is 10.1 Å². The third-order valence-corrected chi connectivity index (χ3v) is 3.19. The van der Waals surface area contributed by atoms with E-state index in [9.17, 15) is 0 Å². The Morgan fingerprint density at radius 3 is 2.94 bits per heavy atom. The lowest BCUT2D eigenvalue weighted by atomic mass is 10.3. The molecule has 0 atom stereocenters. The van der Waals surface area contributed by atoms with E-state index in [-0.39, 0.29) is 0 Å². The molecule has 0 aliphatic carbocycles. The number of hydrogen-bond acceptors (Lipinski definition) is 5. The summed E-state index contributed by atoms with van der Waals surface area (Å²) in [7, 11) is 1.66. The van der Waals surface area contributed by atoms with E-state index < -0.39 is 0 Å². The minimum Gasteiger partial charge on any atom is -0.497 e. The van der Waals surface area contributed by atoms with E-state index in [2.05, 4.69) is 15.3 Å². The molecule has 1 aromatic heterocycles. The van der Waals surface area contributed by atoms with Crippen molar-refractivity contribution in [1.82, 2.24) is 9.97 Å². The molecule has 2 aromatic rings. The predicted octanol–water partition coefficient (Wildman–Crippen LogP) is 3.07. The van der Waals surface area contributed by atoms with Crippen LogP contribution in [-0.4, -0.2) is 23.6 Å². The highest BCUT2D eigenvalue weighted by molar-refractivity contribution is 7.99. The standard InChI is InChI=1S/C13H15N3OS/c1-3-14-12-8-13(16-9-15-12)18-11-6-4-5-10(7-11)17-2/h4-9H,3H2,1-2H3,(H,14,15,16). The first-order chi connectivity index (χ1) is 8.81. The number of hydrogen-bond donors (Lipinski definition) is 1. The van der Waals surface area contributed by atoms with Crippen molar-refractivity contribution in [3.05, 3.63) is 36.7 Å². The lowest BCUT2D eigenvalue weighted by Gasteiger charge is -2.05. The van der Waals surface area contributed by atoms with Gasteiger partial charge in [-0.05, 0) is 25.1 Å². The van der Waals surface area contributed by atoms with Crippen molar-refractivity contribution >= 4 is 17.6 Å². The maximum absolute atomic E-state index is 5.20. The molecule has 0 unspecified atom stereocenters. The molecule has 0 aliphatic heterocycles. The van der Waals surface area contributed by atoms with Crippen LogP contribution in [0.5, 0.6) is 5.75 Å². The zero-order chi connectivity index (χ0) is 12.8. The van der Waals surface area contributed by atoms with Crippen molar-refractivity contribution in [3.8, 4) is 5.75 Å². The minimum atomic E-state index is 0.845. The van der Waals surface area contributed by atoms with Gasteiger partial charge in [-0.2, -0.15) is 0 Å². The summed E-state index contributed by atoms with van der Waals surface area (Å²) < 4.78 is 5.20. The number of rotatable bonds is 5. The molecule has 0 aliphatic rings. The first-order valence-electron chi connectivity index (χ1n) is 5.69. The van der Waals surface area contributed by atoms with Gasteiger partial charge in [0.15, 0.2) is 0 Å². The third-order valence-electron chi connectivity index (χ3n) is 2.26. The minimum absolute atomic E-state index is 0.845. The number of ether oxygens (including phenoxy) is 1. The van der Waals surface area contributed by atoms with Crippen LogP contribution in [0.15, 0.2) is 46.6 Å².